The fraction of sp³-hybridized carbons (Fsp3) is 0.0769. The highest BCUT2D eigenvalue weighted by Gasteiger charge is 2.20. The molecule has 0 aliphatic heterocycles. The summed E-state index contributed by atoms with van der Waals surface area (Å²) in [4.78, 5) is 26.6. The number of rotatable bonds is 6. The van der Waals surface area contributed by atoms with Gasteiger partial charge in [0.15, 0.2) is 0 Å². The molecule has 0 aliphatic carbocycles. The Morgan fingerprint density at radius 1 is 0.806 bits per heavy atom. The normalized spacial score (nSPS) is 10.5. The maximum Gasteiger partial charge on any atom is 0.350 e. The van der Waals surface area contributed by atoms with Gasteiger partial charge in [0.2, 0.25) is 0 Å². The van der Waals surface area contributed by atoms with Gasteiger partial charge in [-0.15, -0.1) is 11.3 Å². The van der Waals surface area contributed by atoms with Crippen LogP contribution in [0.2, 0.25) is 0 Å². The van der Waals surface area contributed by atoms with Crippen LogP contribution < -0.4 is 5.32 Å². The van der Waals surface area contributed by atoms with Crippen molar-refractivity contribution in [3.63, 3.8) is 0 Å². The second-order valence-corrected chi connectivity index (χ2v) is 7.89. The van der Waals surface area contributed by atoms with E-state index in [-0.39, 0.29) is 12.5 Å². The van der Waals surface area contributed by atoms with Crippen molar-refractivity contribution in [1.82, 2.24) is 0 Å². The van der Waals surface area contributed by atoms with E-state index < -0.39 is 5.97 Å². The SMILES string of the molecule is CCOC(=O)c1sc(-c2ccccc2)cc1NC(=O)c1ccc(-c2ccccc2)cc1. The van der Waals surface area contributed by atoms with E-state index in [0.717, 1.165) is 21.6 Å². The standard InChI is InChI=1S/C26H21NO3S/c1-2-30-26(29)24-22(17-23(31-24)20-11-7-4-8-12-20)27-25(28)21-15-13-19(14-16-21)18-9-5-3-6-10-18/h3-17H,2H2,1H3,(H,27,28). The van der Waals surface area contributed by atoms with Crippen molar-refractivity contribution in [1.29, 1.82) is 0 Å². The number of carbonyl (C=O) groups excluding carboxylic acids is 2. The van der Waals surface area contributed by atoms with Crippen LogP contribution in [0.3, 0.4) is 0 Å². The Kier molecular flexibility index (Phi) is 6.24. The molecule has 0 saturated heterocycles. The van der Waals surface area contributed by atoms with Crippen LogP contribution in [0.5, 0.6) is 0 Å². The Labute approximate surface area is 185 Å². The zero-order valence-electron chi connectivity index (χ0n) is 17.0. The molecule has 4 rings (SSSR count). The van der Waals surface area contributed by atoms with Crippen LogP contribution in [-0.4, -0.2) is 18.5 Å². The van der Waals surface area contributed by atoms with Crippen molar-refractivity contribution in [2.45, 2.75) is 6.92 Å². The summed E-state index contributed by atoms with van der Waals surface area (Å²) in [5, 5.41) is 2.89. The summed E-state index contributed by atoms with van der Waals surface area (Å²) >= 11 is 1.31. The van der Waals surface area contributed by atoms with Crippen LogP contribution >= 0.6 is 11.3 Å². The molecule has 0 atom stereocenters. The summed E-state index contributed by atoms with van der Waals surface area (Å²) in [7, 11) is 0. The molecule has 0 bridgehead atoms. The number of esters is 1. The second-order valence-electron chi connectivity index (χ2n) is 6.84. The van der Waals surface area contributed by atoms with Gasteiger partial charge in [0.1, 0.15) is 4.88 Å². The lowest BCUT2D eigenvalue weighted by Crippen LogP contribution is -2.14. The van der Waals surface area contributed by atoms with Gasteiger partial charge in [-0.3, -0.25) is 4.79 Å². The molecule has 1 heterocycles. The molecule has 1 aromatic heterocycles. The molecular formula is C26H21NO3S. The van der Waals surface area contributed by atoms with Gasteiger partial charge in [0.25, 0.3) is 5.91 Å². The van der Waals surface area contributed by atoms with Crippen LogP contribution in [0.1, 0.15) is 27.0 Å². The van der Waals surface area contributed by atoms with Gasteiger partial charge in [0.05, 0.1) is 12.3 Å². The molecule has 4 nitrogen and oxygen atoms in total. The average molecular weight is 428 g/mol. The molecule has 0 unspecified atom stereocenters. The largest absolute Gasteiger partial charge is 0.462 e. The maximum absolute atomic E-state index is 12.9. The molecule has 31 heavy (non-hydrogen) atoms. The van der Waals surface area contributed by atoms with Gasteiger partial charge >= 0.3 is 5.97 Å². The first-order chi connectivity index (χ1) is 15.2. The van der Waals surface area contributed by atoms with E-state index in [4.69, 9.17) is 4.74 Å². The smallest absolute Gasteiger partial charge is 0.350 e. The van der Waals surface area contributed by atoms with E-state index >= 15 is 0 Å². The predicted molar refractivity (Wildman–Crippen MR) is 126 cm³/mol. The summed E-state index contributed by atoms with van der Waals surface area (Å²) in [5.74, 6) is -0.716. The number of anilines is 1. The molecule has 1 N–H and O–H groups in total. The summed E-state index contributed by atoms with van der Waals surface area (Å²) in [5.41, 5.74) is 4.07. The Bertz CT molecular complexity index is 1180. The van der Waals surface area contributed by atoms with Gasteiger partial charge in [-0.2, -0.15) is 0 Å². The van der Waals surface area contributed by atoms with Gasteiger partial charge in [-0.25, -0.2) is 4.79 Å². The Hall–Kier alpha value is -3.70. The van der Waals surface area contributed by atoms with E-state index in [1.54, 1.807) is 19.1 Å². The number of hydrogen-bond donors (Lipinski definition) is 1. The van der Waals surface area contributed by atoms with E-state index in [1.807, 2.05) is 78.9 Å². The average Bonchev–Trinajstić information content (AvgIpc) is 3.24. The Balaban J connectivity index is 1.59. The lowest BCUT2D eigenvalue weighted by Gasteiger charge is -2.07. The third kappa shape index (κ3) is 4.73. The number of amides is 1. The fourth-order valence-corrected chi connectivity index (χ4v) is 4.23. The second kappa shape index (κ2) is 9.41. The third-order valence-electron chi connectivity index (χ3n) is 4.75. The zero-order valence-corrected chi connectivity index (χ0v) is 17.8. The lowest BCUT2D eigenvalue weighted by atomic mass is 10.0. The molecule has 154 valence electrons. The number of thiophene rings is 1. The quantitative estimate of drug-likeness (QED) is 0.357. The third-order valence-corrected chi connectivity index (χ3v) is 5.92. The molecule has 4 aromatic rings. The van der Waals surface area contributed by atoms with E-state index in [1.165, 1.54) is 11.3 Å². The van der Waals surface area contributed by atoms with E-state index in [2.05, 4.69) is 5.32 Å². The molecule has 0 fully saturated rings. The minimum absolute atomic E-state index is 0.270. The van der Waals surface area contributed by atoms with E-state index in [0.29, 0.717) is 16.1 Å². The summed E-state index contributed by atoms with van der Waals surface area (Å²) in [6, 6.07) is 28.9. The number of ether oxygens (including phenoxy) is 1. The molecule has 1 amide bonds. The van der Waals surface area contributed by atoms with Gasteiger partial charge in [-0.1, -0.05) is 72.8 Å². The van der Waals surface area contributed by atoms with Crippen LogP contribution in [0.25, 0.3) is 21.6 Å². The molecule has 0 radical (unpaired) electrons. The Morgan fingerprint density at radius 2 is 1.39 bits per heavy atom. The molecule has 5 heteroatoms. The molecule has 0 aliphatic rings. The number of hydrogen-bond acceptors (Lipinski definition) is 4. The van der Waals surface area contributed by atoms with Crippen LogP contribution in [0.15, 0.2) is 91.0 Å². The van der Waals surface area contributed by atoms with Crippen molar-refractivity contribution < 1.29 is 14.3 Å². The minimum Gasteiger partial charge on any atom is -0.462 e. The first kappa shape index (κ1) is 20.6. The monoisotopic (exact) mass is 427 g/mol. The highest BCUT2D eigenvalue weighted by molar-refractivity contribution is 7.18. The summed E-state index contributed by atoms with van der Waals surface area (Å²) < 4.78 is 5.19. The van der Waals surface area contributed by atoms with Crippen molar-refractivity contribution >= 4 is 28.9 Å². The number of benzene rings is 3. The van der Waals surface area contributed by atoms with Crippen LogP contribution in [-0.2, 0) is 4.74 Å². The van der Waals surface area contributed by atoms with E-state index in [9.17, 15) is 9.59 Å². The molecule has 3 aromatic carbocycles. The lowest BCUT2D eigenvalue weighted by molar-refractivity contribution is 0.0533. The van der Waals surface area contributed by atoms with Crippen LogP contribution in [0, 0.1) is 0 Å². The molecule has 0 saturated carbocycles. The predicted octanol–water partition coefficient (Wildman–Crippen LogP) is 6.51. The van der Waals surface area contributed by atoms with Crippen LogP contribution in [0.4, 0.5) is 5.69 Å². The zero-order chi connectivity index (χ0) is 21.6. The fourth-order valence-electron chi connectivity index (χ4n) is 3.22. The molecular weight excluding hydrogens is 406 g/mol. The van der Waals surface area contributed by atoms with Gasteiger partial charge in [-0.05, 0) is 41.8 Å². The van der Waals surface area contributed by atoms with Gasteiger partial charge < -0.3 is 10.1 Å². The molecule has 0 spiro atoms. The highest BCUT2D eigenvalue weighted by Crippen LogP contribution is 2.35. The summed E-state index contributed by atoms with van der Waals surface area (Å²) in [6.07, 6.45) is 0. The summed E-state index contributed by atoms with van der Waals surface area (Å²) in [6.45, 7) is 2.03. The van der Waals surface area contributed by atoms with Crippen molar-refractivity contribution in [3.05, 3.63) is 101 Å². The first-order valence-corrected chi connectivity index (χ1v) is 10.8. The topological polar surface area (TPSA) is 55.4 Å². The highest BCUT2D eigenvalue weighted by atomic mass is 32.1. The first-order valence-electron chi connectivity index (χ1n) is 9.99. The number of nitrogens with one attached hydrogen (secondary N) is 1. The van der Waals surface area contributed by atoms with Gasteiger partial charge in [0, 0.05) is 10.4 Å². The van der Waals surface area contributed by atoms with Crippen molar-refractivity contribution in [2.75, 3.05) is 11.9 Å². The maximum atomic E-state index is 12.9. The number of carbonyl (C=O) groups is 2. The van der Waals surface area contributed by atoms with Crippen molar-refractivity contribution in [2.24, 2.45) is 0 Å². The Morgan fingerprint density at radius 3 is 2.00 bits per heavy atom. The minimum atomic E-state index is -0.440. The van der Waals surface area contributed by atoms with Crippen molar-refractivity contribution in [3.8, 4) is 21.6 Å².